The lowest BCUT2D eigenvalue weighted by atomic mass is 10.1. The van der Waals surface area contributed by atoms with Crippen LogP contribution in [0.25, 0.3) is 0 Å². The molecule has 1 unspecified atom stereocenters. The smallest absolute Gasteiger partial charge is 0.237 e. The third kappa shape index (κ3) is 3.65. The Morgan fingerprint density at radius 3 is 2.65 bits per heavy atom. The molecule has 1 atom stereocenters. The molecule has 0 saturated carbocycles. The largest absolute Gasteiger partial charge is 0.324 e. The summed E-state index contributed by atoms with van der Waals surface area (Å²) >= 11 is 10.2. The van der Waals surface area contributed by atoms with Crippen molar-refractivity contribution in [3.8, 4) is 6.07 Å². The Labute approximate surface area is 111 Å². The number of halogens is 1. The number of thiol groups is 1. The summed E-state index contributed by atoms with van der Waals surface area (Å²) < 4.78 is 0. The van der Waals surface area contributed by atoms with E-state index in [2.05, 4.69) is 17.9 Å². The van der Waals surface area contributed by atoms with Crippen LogP contribution in [0.3, 0.4) is 0 Å². The molecule has 0 fully saturated rings. The van der Waals surface area contributed by atoms with Crippen molar-refractivity contribution in [2.45, 2.75) is 19.1 Å². The van der Waals surface area contributed by atoms with Gasteiger partial charge in [0.15, 0.2) is 0 Å². The van der Waals surface area contributed by atoms with Crippen molar-refractivity contribution in [1.29, 1.82) is 5.26 Å². The highest BCUT2D eigenvalue weighted by Crippen LogP contribution is 2.23. The Bertz CT molecular complexity index is 468. The van der Waals surface area contributed by atoms with E-state index in [1.165, 1.54) is 6.07 Å². The van der Waals surface area contributed by atoms with Crippen LogP contribution in [0.2, 0.25) is 5.02 Å². The molecule has 1 amide bonds. The molecular weight excluding hydrogens is 256 g/mol. The molecule has 0 spiro atoms. The topological polar surface area (TPSA) is 52.9 Å². The summed E-state index contributed by atoms with van der Waals surface area (Å²) in [5, 5.41) is 11.3. The number of carbonyl (C=O) groups is 1. The monoisotopic (exact) mass is 268 g/mol. The molecule has 3 nitrogen and oxygen atoms in total. The van der Waals surface area contributed by atoms with Gasteiger partial charge in [0.2, 0.25) is 5.91 Å². The van der Waals surface area contributed by atoms with Crippen LogP contribution in [0, 0.1) is 17.2 Å². The molecule has 1 aromatic carbocycles. The third-order valence-corrected chi connectivity index (χ3v) is 3.40. The molecule has 5 heteroatoms. The lowest BCUT2D eigenvalue weighted by Crippen LogP contribution is -2.27. The van der Waals surface area contributed by atoms with E-state index in [1.807, 2.05) is 19.9 Å². The summed E-state index contributed by atoms with van der Waals surface area (Å²) in [5.41, 5.74) is 0.953. The van der Waals surface area contributed by atoms with Gasteiger partial charge in [0.25, 0.3) is 0 Å². The Balaban J connectivity index is 2.83. The average molecular weight is 269 g/mol. The molecule has 0 aliphatic carbocycles. The first kappa shape index (κ1) is 13.9. The van der Waals surface area contributed by atoms with Crippen LogP contribution in [0.15, 0.2) is 18.2 Å². The van der Waals surface area contributed by atoms with Crippen LogP contribution in [0.5, 0.6) is 0 Å². The normalized spacial score (nSPS) is 12.0. The molecule has 1 N–H and O–H groups in total. The Morgan fingerprint density at radius 1 is 1.53 bits per heavy atom. The second-order valence-corrected chi connectivity index (χ2v) is 4.95. The first-order valence-electron chi connectivity index (χ1n) is 5.14. The minimum Gasteiger partial charge on any atom is -0.324 e. The predicted molar refractivity (Wildman–Crippen MR) is 72.4 cm³/mol. The number of amides is 1. The van der Waals surface area contributed by atoms with Crippen molar-refractivity contribution in [2.24, 2.45) is 5.92 Å². The summed E-state index contributed by atoms with van der Waals surface area (Å²) in [6.45, 7) is 3.83. The number of hydrogen-bond acceptors (Lipinski definition) is 3. The molecule has 0 aromatic heterocycles. The van der Waals surface area contributed by atoms with E-state index in [-0.39, 0.29) is 17.1 Å². The van der Waals surface area contributed by atoms with Gasteiger partial charge in [-0.15, -0.1) is 0 Å². The summed E-state index contributed by atoms with van der Waals surface area (Å²) in [4.78, 5) is 11.7. The minimum absolute atomic E-state index is 0.135. The van der Waals surface area contributed by atoms with Crippen molar-refractivity contribution in [3.63, 3.8) is 0 Å². The summed E-state index contributed by atoms with van der Waals surface area (Å²) in [7, 11) is 0. The van der Waals surface area contributed by atoms with Crippen molar-refractivity contribution < 1.29 is 4.79 Å². The van der Waals surface area contributed by atoms with Crippen LogP contribution in [0.4, 0.5) is 5.69 Å². The van der Waals surface area contributed by atoms with Crippen molar-refractivity contribution in [1.82, 2.24) is 0 Å². The molecule has 1 rings (SSSR count). The lowest BCUT2D eigenvalue weighted by Gasteiger charge is -2.15. The fraction of sp³-hybridized carbons (Fsp3) is 0.333. The zero-order valence-corrected chi connectivity index (χ0v) is 11.2. The fourth-order valence-corrected chi connectivity index (χ4v) is 1.49. The van der Waals surface area contributed by atoms with Gasteiger partial charge in [-0.3, -0.25) is 4.79 Å². The van der Waals surface area contributed by atoms with E-state index in [1.54, 1.807) is 12.1 Å². The second kappa shape index (κ2) is 5.95. The molecular formula is C12H13ClN2OS. The highest BCUT2D eigenvalue weighted by molar-refractivity contribution is 7.81. The highest BCUT2D eigenvalue weighted by Gasteiger charge is 2.18. The molecule has 1 aromatic rings. The van der Waals surface area contributed by atoms with E-state index in [4.69, 9.17) is 16.9 Å². The molecule has 0 aliphatic heterocycles. The molecule has 90 valence electrons. The van der Waals surface area contributed by atoms with E-state index in [0.717, 1.165) is 0 Å². The van der Waals surface area contributed by atoms with Gasteiger partial charge in [0.1, 0.15) is 0 Å². The Hall–Kier alpha value is -1.18. The van der Waals surface area contributed by atoms with Gasteiger partial charge in [-0.05, 0) is 24.1 Å². The average Bonchev–Trinajstić information content (AvgIpc) is 2.30. The maximum Gasteiger partial charge on any atom is 0.237 e. The molecule has 0 bridgehead atoms. The molecule has 0 heterocycles. The SMILES string of the molecule is CC(C)C(S)C(=O)Nc1ccc(C#N)cc1Cl. The van der Waals surface area contributed by atoms with Crippen LogP contribution in [0.1, 0.15) is 19.4 Å². The summed E-state index contributed by atoms with van der Waals surface area (Å²) in [6.07, 6.45) is 0. The van der Waals surface area contributed by atoms with Gasteiger partial charge < -0.3 is 5.32 Å². The van der Waals surface area contributed by atoms with E-state index in [9.17, 15) is 4.79 Å². The van der Waals surface area contributed by atoms with Crippen molar-refractivity contribution >= 4 is 35.8 Å². The number of hydrogen-bond donors (Lipinski definition) is 2. The van der Waals surface area contributed by atoms with Gasteiger partial charge in [-0.25, -0.2) is 0 Å². The number of nitriles is 1. The van der Waals surface area contributed by atoms with Gasteiger partial charge in [0, 0.05) is 0 Å². The van der Waals surface area contributed by atoms with Gasteiger partial charge in [-0.2, -0.15) is 17.9 Å². The molecule has 0 aliphatic rings. The van der Waals surface area contributed by atoms with Crippen LogP contribution in [-0.4, -0.2) is 11.2 Å². The first-order valence-corrected chi connectivity index (χ1v) is 6.03. The lowest BCUT2D eigenvalue weighted by molar-refractivity contribution is -0.116. The van der Waals surface area contributed by atoms with Gasteiger partial charge in [0.05, 0.1) is 27.6 Å². The summed E-state index contributed by atoms with van der Waals surface area (Å²) in [5.74, 6) is -0.0644. The molecule has 0 radical (unpaired) electrons. The minimum atomic E-state index is -0.387. The maximum absolute atomic E-state index is 11.7. The second-order valence-electron chi connectivity index (χ2n) is 3.98. The Kier molecular flexibility index (Phi) is 4.86. The number of nitrogens with zero attached hydrogens (tertiary/aromatic N) is 1. The van der Waals surface area contributed by atoms with Crippen molar-refractivity contribution in [2.75, 3.05) is 5.32 Å². The number of nitrogens with one attached hydrogen (secondary N) is 1. The number of rotatable bonds is 3. The van der Waals surface area contributed by atoms with Gasteiger partial charge in [-0.1, -0.05) is 25.4 Å². The zero-order chi connectivity index (χ0) is 13.0. The fourth-order valence-electron chi connectivity index (χ4n) is 1.20. The van der Waals surface area contributed by atoms with Crippen LogP contribution in [-0.2, 0) is 4.79 Å². The van der Waals surface area contributed by atoms with Crippen molar-refractivity contribution in [3.05, 3.63) is 28.8 Å². The molecule has 17 heavy (non-hydrogen) atoms. The van der Waals surface area contributed by atoms with E-state index >= 15 is 0 Å². The van der Waals surface area contributed by atoms with E-state index in [0.29, 0.717) is 16.3 Å². The number of benzene rings is 1. The Morgan fingerprint density at radius 2 is 2.18 bits per heavy atom. The molecule has 0 saturated heterocycles. The van der Waals surface area contributed by atoms with Crippen LogP contribution >= 0.6 is 24.2 Å². The first-order chi connectivity index (χ1) is 7.95. The standard InChI is InChI=1S/C12H13ClN2OS/c1-7(2)11(17)12(16)15-10-4-3-8(6-14)5-9(10)13/h3-5,7,11,17H,1-2H3,(H,15,16). The van der Waals surface area contributed by atoms with Gasteiger partial charge >= 0.3 is 0 Å². The van der Waals surface area contributed by atoms with E-state index < -0.39 is 0 Å². The van der Waals surface area contributed by atoms with Crippen LogP contribution < -0.4 is 5.32 Å². The quantitative estimate of drug-likeness (QED) is 0.828. The highest BCUT2D eigenvalue weighted by atomic mass is 35.5. The maximum atomic E-state index is 11.7. The number of anilines is 1. The predicted octanol–water partition coefficient (Wildman–Crippen LogP) is 3.10. The summed E-state index contributed by atoms with van der Waals surface area (Å²) in [6, 6.07) is 6.70. The third-order valence-electron chi connectivity index (χ3n) is 2.26. The number of carbonyl (C=O) groups excluding carboxylic acids is 1. The zero-order valence-electron chi connectivity index (χ0n) is 9.57.